The summed E-state index contributed by atoms with van der Waals surface area (Å²) in [6.07, 6.45) is 4.79. The van der Waals surface area contributed by atoms with E-state index < -0.39 is 10.0 Å². The van der Waals surface area contributed by atoms with Gasteiger partial charge in [0, 0.05) is 30.7 Å². The number of rotatable bonds is 5. The van der Waals surface area contributed by atoms with Gasteiger partial charge in [-0.05, 0) is 42.7 Å². The van der Waals surface area contributed by atoms with Crippen LogP contribution in [0, 0.1) is 0 Å². The average molecular weight is 303 g/mol. The maximum atomic E-state index is 12.7. The number of pyridine rings is 1. The molecule has 1 fully saturated rings. The average Bonchev–Trinajstić information content (AvgIpc) is 3.32. The molecule has 2 N–H and O–H groups in total. The quantitative estimate of drug-likeness (QED) is 0.857. The van der Waals surface area contributed by atoms with Crippen LogP contribution in [0.3, 0.4) is 0 Å². The lowest BCUT2D eigenvalue weighted by Crippen LogP contribution is -2.32. The SMILES string of the molecule is Nc1ccc(CN(C2CC2)S(=O)(=O)c2cccnc2)cc1. The second kappa shape index (κ2) is 5.46. The Bertz CT molecular complexity index is 710. The molecule has 1 aromatic heterocycles. The lowest BCUT2D eigenvalue weighted by Gasteiger charge is -2.22. The van der Waals surface area contributed by atoms with Crippen LogP contribution in [-0.2, 0) is 16.6 Å². The number of nitrogens with zero attached hydrogens (tertiary/aromatic N) is 2. The third-order valence-electron chi connectivity index (χ3n) is 3.51. The van der Waals surface area contributed by atoms with E-state index in [4.69, 9.17) is 5.73 Å². The van der Waals surface area contributed by atoms with Crippen molar-refractivity contribution in [1.82, 2.24) is 9.29 Å². The van der Waals surface area contributed by atoms with Gasteiger partial charge < -0.3 is 5.73 Å². The lowest BCUT2D eigenvalue weighted by molar-refractivity contribution is 0.398. The molecule has 0 amide bonds. The normalized spacial score (nSPS) is 15.3. The smallest absolute Gasteiger partial charge is 0.245 e. The van der Waals surface area contributed by atoms with E-state index in [-0.39, 0.29) is 10.9 Å². The predicted molar refractivity (Wildman–Crippen MR) is 80.8 cm³/mol. The highest BCUT2D eigenvalue weighted by atomic mass is 32.2. The molecule has 0 bridgehead atoms. The van der Waals surface area contributed by atoms with Crippen molar-refractivity contribution < 1.29 is 8.42 Å². The number of nitrogens with two attached hydrogens (primary N) is 1. The molecule has 0 unspecified atom stereocenters. The molecule has 0 aliphatic heterocycles. The van der Waals surface area contributed by atoms with Crippen molar-refractivity contribution >= 4 is 15.7 Å². The summed E-state index contributed by atoms with van der Waals surface area (Å²) in [6.45, 7) is 0.363. The van der Waals surface area contributed by atoms with Gasteiger partial charge in [0.05, 0.1) is 0 Å². The number of aromatic nitrogens is 1. The van der Waals surface area contributed by atoms with Crippen LogP contribution < -0.4 is 5.73 Å². The minimum absolute atomic E-state index is 0.0905. The van der Waals surface area contributed by atoms with Crippen molar-refractivity contribution in [1.29, 1.82) is 0 Å². The molecule has 3 rings (SSSR count). The Hall–Kier alpha value is -1.92. The first kappa shape index (κ1) is 14.0. The summed E-state index contributed by atoms with van der Waals surface area (Å²) >= 11 is 0. The van der Waals surface area contributed by atoms with Crippen LogP contribution >= 0.6 is 0 Å². The van der Waals surface area contributed by atoms with E-state index in [9.17, 15) is 8.42 Å². The van der Waals surface area contributed by atoms with Crippen LogP contribution in [0.5, 0.6) is 0 Å². The molecule has 5 nitrogen and oxygen atoms in total. The number of hydrogen-bond donors (Lipinski definition) is 1. The van der Waals surface area contributed by atoms with Crippen molar-refractivity contribution in [3.63, 3.8) is 0 Å². The van der Waals surface area contributed by atoms with Crippen molar-refractivity contribution in [3.05, 3.63) is 54.4 Å². The van der Waals surface area contributed by atoms with Gasteiger partial charge in [0.15, 0.2) is 0 Å². The third-order valence-corrected chi connectivity index (χ3v) is 5.40. The zero-order chi connectivity index (χ0) is 14.9. The molecule has 21 heavy (non-hydrogen) atoms. The van der Waals surface area contributed by atoms with Gasteiger partial charge in [0.25, 0.3) is 0 Å². The van der Waals surface area contributed by atoms with E-state index in [0.717, 1.165) is 18.4 Å². The Morgan fingerprint density at radius 1 is 1.19 bits per heavy atom. The monoisotopic (exact) mass is 303 g/mol. The number of hydrogen-bond acceptors (Lipinski definition) is 4. The van der Waals surface area contributed by atoms with E-state index in [1.165, 1.54) is 6.20 Å². The molecular formula is C15H17N3O2S. The molecule has 110 valence electrons. The number of anilines is 1. The Labute approximate surface area is 124 Å². The van der Waals surface area contributed by atoms with Gasteiger partial charge in [-0.25, -0.2) is 8.42 Å². The summed E-state index contributed by atoms with van der Waals surface area (Å²) in [6, 6.07) is 10.6. The van der Waals surface area contributed by atoms with E-state index in [1.807, 2.05) is 12.1 Å². The highest BCUT2D eigenvalue weighted by Crippen LogP contribution is 2.33. The van der Waals surface area contributed by atoms with Crippen LogP contribution in [0.4, 0.5) is 5.69 Å². The molecule has 1 aliphatic carbocycles. The van der Waals surface area contributed by atoms with Gasteiger partial charge in [-0.1, -0.05) is 12.1 Å². The minimum Gasteiger partial charge on any atom is -0.399 e. The first-order valence-electron chi connectivity index (χ1n) is 6.83. The summed E-state index contributed by atoms with van der Waals surface area (Å²) in [4.78, 5) is 4.15. The topological polar surface area (TPSA) is 76.3 Å². The van der Waals surface area contributed by atoms with Gasteiger partial charge in [0.1, 0.15) is 4.90 Å². The molecule has 1 saturated carbocycles. The zero-order valence-electron chi connectivity index (χ0n) is 11.5. The van der Waals surface area contributed by atoms with Crippen molar-refractivity contribution in [2.24, 2.45) is 0 Å². The molecule has 1 heterocycles. The van der Waals surface area contributed by atoms with Crippen LogP contribution in [-0.4, -0.2) is 23.7 Å². The first-order chi connectivity index (χ1) is 10.1. The van der Waals surface area contributed by atoms with Crippen molar-refractivity contribution in [3.8, 4) is 0 Å². The molecule has 2 aromatic rings. The summed E-state index contributed by atoms with van der Waals surface area (Å²) in [5.74, 6) is 0. The van der Waals surface area contributed by atoms with Crippen LogP contribution in [0.25, 0.3) is 0 Å². The van der Waals surface area contributed by atoms with E-state index in [2.05, 4.69) is 4.98 Å². The number of sulfonamides is 1. The Kier molecular flexibility index (Phi) is 3.65. The summed E-state index contributed by atoms with van der Waals surface area (Å²) in [5.41, 5.74) is 7.27. The Balaban J connectivity index is 1.90. The highest BCUT2D eigenvalue weighted by Gasteiger charge is 2.38. The van der Waals surface area contributed by atoms with Gasteiger partial charge in [-0.2, -0.15) is 4.31 Å². The Morgan fingerprint density at radius 3 is 2.48 bits per heavy atom. The Morgan fingerprint density at radius 2 is 1.90 bits per heavy atom. The molecule has 1 aliphatic rings. The van der Waals surface area contributed by atoms with Gasteiger partial charge in [-0.15, -0.1) is 0 Å². The standard InChI is InChI=1S/C15H17N3O2S/c16-13-5-3-12(4-6-13)11-18(14-7-8-14)21(19,20)15-2-1-9-17-10-15/h1-6,9-10,14H,7-8,11,16H2. The van der Waals surface area contributed by atoms with Gasteiger partial charge >= 0.3 is 0 Å². The third kappa shape index (κ3) is 3.06. The molecule has 0 radical (unpaired) electrons. The number of benzene rings is 1. The van der Waals surface area contributed by atoms with Gasteiger partial charge in [0.2, 0.25) is 10.0 Å². The van der Waals surface area contributed by atoms with Crippen molar-refractivity contribution in [2.75, 3.05) is 5.73 Å². The van der Waals surface area contributed by atoms with E-state index in [0.29, 0.717) is 12.2 Å². The maximum absolute atomic E-state index is 12.7. The second-order valence-electron chi connectivity index (χ2n) is 5.21. The molecule has 6 heteroatoms. The first-order valence-corrected chi connectivity index (χ1v) is 8.28. The van der Waals surface area contributed by atoms with Crippen LogP contribution in [0.1, 0.15) is 18.4 Å². The molecule has 0 atom stereocenters. The number of nitrogen functional groups attached to an aromatic ring is 1. The summed E-state index contributed by atoms with van der Waals surface area (Å²) in [7, 11) is -3.51. The van der Waals surface area contributed by atoms with Crippen LogP contribution in [0.15, 0.2) is 53.7 Å². The van der Waals surface area contributed by atoms with Crippen molar-refractivity contribution in [2.45, 2.75) is 30.3 Å². The predicted octanol–water partition coefficient (Wildman–Crippen LogP) is 2.02. The van der Waals surface area contributed by atoms with Crippen LogP contribution in [0.2, 0.25) is 0 Å². The molecule has 1 aromatic carbocycles. The molecular weight excluding hydrogens is 286 g/mol. The maximum Gasteiger partial charge on any atom is 0.245 e. The lowest BCUT2D eigenvalue weighted by atomic mass is 10.2. The largest absolute Gasteiger partial charge is 0.399 e. The molecule has 0 saturated heterocycles. The van der Waals surface area contributed by atoms with E-state index in [1.54, 1.807) is 34.8 Å². The fourth-order valence-corrected chi connectivity index (χ4v) is 3.85. The fraction of sp³-hybridized carbons (Fsp3) is 0.267. The fourth-order valence-electron chi connectivity index (χ4n) is 2.21. The zero-order valence-corrected chi connectivity index (χ0v) is 12.3. The minimum atomic E-state index is -3.51. The summed E-state index contributed by atoms with van der Waals surface area (Å²) in [5, 5.41) is 0. The highest BCUT2D eigenvalue weighted by molar-refractivity contribution is 7.89. The van der Waals surface area contributed by atoms with E-state index >= 15 is 0 Å². The molecule has 0 spiro atoms. The second-order valence-corrected chi connectivity index (χ2v) is 7.10. The summed E-state index contributed by atoms with van der Waals surface area (Å²) < 4.78 is 27.1. The van der Waals surface area contributed by atoms with Gasteiger partial charge in [-0.3, -0.25) is 4.98 Å².